The van der Waals surface area contributed by atoms with Gasteiger partial charge in [-0.25, -0.2) is 0 Å². The Hall–Kier alpha value is -1.56. The molecule has 0 aromatic heterocycles. The molecule has 0 saturated carbocycles. The van der Waals surface area contributed by atoms with Crippen molar-refractivity contribution in [1.29, 1.82) is 0 Å². The Labute approximate surface area is 109 Å². The van der Waals surface area contributed by atoms with Crippen LogP contribution < -0.4 is 15.8 Å². The van der Waals surface area contributed by atoms with Crippen LogP contribution in [0.15, 0.2) is 18.2 Å². The number of carbonyl (C=O) groups excluding carboxylic acids is 1. The van der Waals surface area contributed by atoms with E-state index in [0.717, 1.165) is 0 Å². The molecule has 0 fully saturated rings. The first-order valence-corrected chi connectivity index (χ1v) is 7.11. The van der Waals surface area contributed by atoms with Crippen molar-refractivity contribution < 1.29 is 13.7 Å². The zero-order chi connectivity index (χ0) is 13.7. The van der Waals surface area contributed by atoms with Gasteiger partial charge in [-0.15, -0.1) is 0 Å². The van der Waals surface area contributed by atoms with Gasteiger partial charge >= 0.3 is 0 Å². The highest BCUT2D eigenvalue weighted by molar-refractivity contribution is 7.84. The van der Waals surface area contributed by atoms with E-state index in [1.54, 1.807) is 24.5 Å². The Morgan fingerprint density at radius 1 is 1.50 bits per heavy atom. The number of rotatable bonds is 5. The Morgan fingerprint density at radius 3 is 2.72 bits per heavy atom. The first-order valence-electron chi connectivity index (χ1n) is 5.49. The molecule has 0 aliphatic heterocycles. The summed E-state index contributed by atoms with van der Waals surface area (Å²) in [7, 11) is 0.555. The van der Waals surface area contributed by atoms with Gasteiger partial charge in [0.1, 0.15) is 5.75 Å². The summed E-state index contributed by atoms with van der Waals surface area (Å²) >= 11 is 0. The minimum Gasteiger partial charge on any atom is -0.497 e. The van der Waals surface area contributed by atoms with E-state index in [1.165, 1.54) is 7.11 Å². The standard InChI is InChI=1S/C12H18N2O3S/c1-8(18(3)16)7-14-12(15)9-4-10(13)6-11(5-9)17-2/h4-6,8H,7,13H2,1-3H3,(H,14,15). The average molecular weight is 270 g/mol. The molecule has 0 radical (unpaired) electrons. The summed E-state index contributed by atoms with van der Waals surface area (Å²) in [5.74, 6) is 0.283. The Kier molecular flexibility index (Phi) is 5.15. The smallest absolute Gasteiger partial charge is 0.251 e. The largest absolute Gasteiger partial charge is 0.497 e. The van der Waals surface area contributed by atoms with E-state index in [4.69, 9.17) is 10.5 Å². The van der Waals surface area contributed by atoms with Gasteiger partial charge in [0.15, 0.2) is 0 Å². The lowest BCUT2D eigenvalue weighted by Crippen LogP contribution is -2.32. The fraction of sp³-hybridized carbons (Fsp3) is 0.417. The molecule has 1 amide bonds. The summed E-state index contributed by atoms with van der Waals surface area (Å²) in [5.41, 5.74) is 6.56. The van der Waals surface area contributed by atoms with Crippen LogP contribution in [0, 0.1) is 0 Å². The SMILES string of the molecule is COc1cc(N)cc(C(=O)NCC(C)S(C)=O)c1. The predicted octanol–water partition coefficient (Wildman–Crippen LogP) is 0.774. The van der Waals surface area contributed by atoms with E-state index < -0.39 is 10.8 Å². The predicted molar refractivity (Wildman–Crippen MR) is 73.3 cm³/mol. The van der Waals surface area contributed by atoms with Crippen LogP contribution in [0.5, 0.6) is 5.75 Å². The van der Waals surface area contributed by atoms with E-state index in [0.29, 0.717) is 23.5 Å². The number of hydrogen-bond acceptors (Lipinski definition) is 4. The Bertz CT molecular complexity index is 463. The van der Waals surface area contributed by atoms with Crippen LogP contribution in [-0.2, 0) is 10.8 Å². The maximum absolute atomic E-state index is 11.9. The van der Waals surface area contributed by atoms with Crippen molar-refractivity contribution in [1.82, 2.24) is 5.32 Å². The van der Waals surface area contributed by atoms with Crippen molar-refractivity contribution in [2.24, 2.45) is 0 Å². The van der Waals surface area contributed by atoms with Crippen molar-refractivity contribution in [2.75, 3.05) is 25.6 Å². The quantitative estimate of drug-likeness (QED) is 0.775. The monoisotopic (exact) mass is 270 g/mol. The highest BCUT2D eigenvalue weighted by Gasteiger charge is 2.11. The van der Waals surface area contributed by atoms with Crippen LogP contribution in [0.2, 0.25) is 0 Å². The summed E-state index contributed by atoms with van der Waals surface area (Å²) in [4.78, 5) is 11.9. The molecule has 0 heterocycles. The van der Waals surface area contributed by atoms with Gasteiger partial charge in [0, 0.05) is 46.2 Å². The molecule has 6 heteroatoms. The van der Waals surface area contributed by atoms with Crippen LogP contribution in [-0.4, -0.2) is 35.3 Å². The molecule has 0 aliphatic rings. The third-order valence-electron chi connectivity index (χ3n) is 2.54. The van der Waals surface area contributed by atoms with Crippen molar-refractivity contribution in [3.8, 4) is 5.75 Å². The normalized spacial score (nSPS) is 13.7. The van der Waals surface area contributed by atoms with Gasteiger partial charge in [-0.1, -0.05) is 0 Å². The second kappa shape index (κ2) is 6.39. The number of benzene rings is 1. The minimum atomic E-state index is -0.958. The fourth-order valence-electron chi connectivity index (χ4n) is 1.33. The van der Waals surface area contributed by atoms with Crippen LogP contribution in [0.1, 0.15) is 17.3 Å². The second-order valence-corrected chi connectivity index (χ2v) is 5.82. The average Bonchev–Trinajstić information content (AvgIpc) is 2.34. The van der Waals surface area contributed by atoms with Crippen molar-refractivity contribution in [3.63, 3.8) is 0 Å². The lowest BCUT2D eigenvalue weighted by molar-refractivity contribution is 0.0954. The number of nitrogens with one attached hydrogen (secondary N) is 1. The van der Waals surface area contributed by atoms with Gasteiger partial charge in [0.05, 0.1) is 7.11 Å². The third-order valence-corrected chi connectivity index (χ3v) is 3.84. The van der Waals surface area contributed by atoms with Crippen LogP contribution in [0.25, 0.3) is 0 Å². The van der Waals surface area contributed by atoms with Gasteiger partial charge in [0.2, 0.25) is 0 Å². The van der Waals surface area contributed by atoms with Gasteiger partial charge in [-0.2, -0.15) is 0 Å². The van der Waals surface area contributed by atoms with E-state index >= 15 is 0 Å². The maximum atomic E-state index is 11.9. The van der Waals surface area contributed by atoms with E-state index in [9.17, 15) is 9.00 Å². The number of nitrogen functional groups attached to an aromatic ring is 1. The number of ether oxygens (including phenoxy) is 1. The zero-order valence-electron chi connectivity index (χ0n) is 10.7. The molecule has 0 bridgehead atoms. The summed E-state index contributed by atoms with van der Waals surface area (Å²) < 4.78 is 16.2. The van der Waals surface area contributed by atoms with Gasteiger partial charge in [-0.3, -0.25) is 9.00 Å². The first kappa shape index (κ1) is 14.5. The molecule has 100 valence electrons. The molecule has 2 unspecified atom stereocenters. The maximum Gasteiger partial charge on any atom is 0.251 e. The van der Waals surface area contributed by atoms with Crippen LogP contribution >= 0.6 is 0 Å². The first-order chi connectivity index (χ1) is 8.43. The number of nitrogens with two attached hydrogens (primary N) is 1. The van der Waals surface area contributed by atoms with Crippen molar-refractivity contribution >= 4 is 22.4 Å². The molecule has 5 nitrogen and oxygen atoms in total. The molecule has 2 atom stereocenters. The lowest BCUT2D eigenvalue weighted by Gasteiger charge is -2.11. The summed E-state index contributed by atoms with van der Waals surface area (Å²) in [6.07, 6.45) is 1.61. The number of anilines is 1. The van der Waals surface area contributed by atoms with Gasteiger partial charge in [0.25, 0.3) is 5.91 Å². The molecule has 0 saturated heterocycles. The minimum absolute atomic E-state index is 0.0862. The fourth-order valence-corrected chi connectivity index (χ4v) is 1.64. The molecule has 0 aliphatic carbocycles. The van der Waals surface area contributed by atoms with Crippen LogP contribution in [0.4, 0.5) is 5.69 Å². The number of carbonyl (C=O) groups is 1. The molecule has 0 spiro atoms. The molecule has 1 aromatic rings. The van der Waals surface area contributed by atoms with Crippen molar-refractivity contribution in [3.05, 3.63) is 23.8 Å². The highest BCUT2D eigenvalue weighted by atomic mass is 32.2. The Morgan fingerprint density at radius 2 is 2.17 bits per heavy atom. The van der Waals surface area contributed by atoms with Crippen molar-refractivity contribution in [2.45, 2.75) is 12.2 Å². The summed E-state index contributed by atoms with van der Waals surface area (Å²) in [6.45, 7) is 2.18. The van der Waals surface area contributed by atoms with E-state index in [2.05, 4.69) is 5.32 Å². The topological polar surface area (TPSA) is 81.4 Å². The van der Waals surface area contributed by atoms with E-state index in [-0.39, 0.29) is 11.2 Å². The third kappa shape index (κ3) is 4.03. The van der Waals surface area contributed by atoms with Crippen LogP contribution in [0.3, 0.4) is 0 Å². The molecule has 3 N–H and O–H groups in total. The molecule has 1 rings (SSSR count). The lowest BCUT2D eigenvalue weighted by atomic mass is 10.1. The van der Waals surface area contributed by atoms with E-state index in [1.807, 2.05) is 6.92 Å². The van der Waals surface area contributed by atoms with Gasteiger partial charge in [-0.05, 0) is 19.1 Å². The number of methoxy groups -OCH3 is 1. The van der Waals surface area contributed by atoms with Gasteiger partial charge < -0.3 is 15.8 Å². The number of hydrogen-bond donors (Lipinski definition) is 2. The second-order valence-electron chi connectivity index (χ2n) is 4.01. The Balaban J connectivity index is 2.72. The number of amides is 1. The molecular formula is C12H18N2O3S. The summed E-state index contributed by atoms with van der Waals surface area (Å²) in [6, 6.07) is 4.82. The zero-order valence-corrected chi connectivity index (χ0v) is 11.5. The molecular weight excluding hydrogens is 252 g/mol. The molecule has 1 aromatic carbocycles. The highest BCUT2D eigenvalue weighted by Crippen LogP contribution is 2.18. The molecule has 18 heavy (non-hydrogen) atoms. The summed E-state index contributed by atoms with van der Waals surface area (Å²) in [5, 5.41) is 2.63.